The van der Waals surface area contributed by atoms with Crippen molar-refractivity contribution in [3.63, 3.8) is 0 Å². The number of nitrogens with zero attached hydrogens (tertiary/aromatic N) is 2. The van der Waals surface area contributed by atoms with Gasteiger partial charge in [0.1, 0.15) is 5.82 Å². The van der Waals surface area contributed by atoms with Gasteiger partial charge in [-0.1, -0.05) is 19.3 Å². The molecule has 1 saturated carbocycles. The molecule has 2 rings (SSSR count). The van der Waals surface area contributed by atoms with E-state index in [1.807, 2.05) is 0 Å². The molecule has 20 heavy (non-hydrogen) atoms. The van der Waals surface area contributed by atoms with E-state index in [0.29, 0.717) is 18.3 Å². The third-order valence-electron chi connectivity index (χ3n) is 3.91. The van der Waals surface area contributed by atoms with Crippen molar-refractivity contribution >= 4 is 17.3 Å². The van der Waals surface area contributed by atoms with E-state index in [-0.39, 0.29) is 17.5 Å². The van der Waals surface area contributed by atoms with E-state index in [1.165, 1.54) is 25.3 Å². The molecule has 1 aliphatic rings. The zero-order valence-corrected chi connectivity index (χ0v) is 11.4. The van der Waals surface area contributed by atoms with Gasteiger partial charge in [0.15, 0.2) is 0 Å². The number of pyridine rings is 1. The van der Waals surface area contributed by atoms with E-state index >= 15 is 0 Å². The van der Waals surface area contributed by atoms with Crippen LogP contribution in [0.1, 0.15) is 32.1 Å². The van der Waals surface area contributed by atoms with Gasteiger partial charge in [0, 0.05) is 18.7 Å². The van der Waals surface area contributed by atoms with Gasteiger partial charge in [0.2, 0.25) is 5.82 Å². The fraction of sp³-hybridized carbons (Fsp3) is 0.615. The Bertz CT molecular complexity index is 474. The van der Waals surface area contributed by atoms with E-state index in [0.717, 1.165) is 12.8 Å². The van der Waals surface area contributed by atoms with Gasteiger partial charge in [0.25, 0.3) is 0 Å². The van der Waals surface area contributed by atoms with Crippen LogP contribution in [-0.2, 0) is 0 Å². The second-order valence-electron chi connectivity index (χ2n) is 5.24. The maximum absolute atomic E-state index is 10.7. The van der Waals surface area contributed by atoms with Crippen molar-refractivity contribution in [2.75, 3.05) is 17.6 Å². The summed E-state index contributed by atoms with van der Waals surface area (Å²) < 4.78 is 0. The SMILES string of the molecule is NCC(Nc1ccc([N+](=O)[O-])c(N)n1)C1CCCCC1. The molecule has 7 nitrogen and oxygen atoms in total. The second kappa shape index (κ2) is 6.51. The first-order valence-electron chi connectivity index (χ1n) is 6.99. The van der Waals surface area contributed by atoms with Crippen LogP contribution in [0.3, 0.4) is 0 Å². The van der Waals surface area contributed by atoms with E-state index in [4.69, 9.17) is 11.5 Å². The summed E-state index contributed by atoms with van der Waals surface area (Å²) in [6.07, 6.45) is 6.09. The van der Waals surface area contributed by atoms with Gasteiger partial charge in [0.05, 0.1) is 4.92 Å². The second-order valence-corrected chi connectivity index (χ2v) is 5.24. The summed E-state index contributed by atoms with van der Waals surface area (Å²) in [4.78, 5) is 14.2. The van der Waals surface area contributed by atoms with Crippen molar-refractivity contribution in [3.8, 4) is 0 Å². The molecule has 0 saturated heterocycles. The Morgan fingerprint density at radius 1 is 1.40 bits per heavy atom. The molecular weight excluding hydrogens is 258 g/mol. The van der Waals surface area contributed by atoms with Gasteiger partial charge in [-0.15, -0.1) is 0 Å². The highest BCUT2D eigenvalue weighted by Gasteiger charge is 2.23. The molecule has 0 radical (unpaired) electrons. The van der Waals surface area contributed by atoms with Crippen LogP contribution in [0.15, 0.2) is 12.1 Å². The van der Waals surface area contributed by atoms with E-state index in [2.05, 4.69) is 10.3 Å². The third-order valence-corrected chi connectivity index (χ3v) is 3.91. The van der Waals surface area contributed by atoms with Crippen LogP contribution in [0.5, 0.6) is 0 Å². The summed E-state index contributed by atoms with van der Waals surface area (Å²) in [6.45, 7) is 0.517. The highest BCUT2D eigenvalue weighted by molar-refractivity contribution is 5.57. The molecule has 0 aromatic carbocycles. The smallest absolute Gasteiger partial charge is 0.311 e. The van der Waals surface area contributed by atoms with Gasteiger partial charge < -0.3 is 16.8 Å². The number of hydrogen-bond acceptors (Lipinski definition) is 6. The molecule has 1 aliphatic carbocycles. The quantitative estimate of drug-likeness (QED) is 0.559. The molecule has 1 unspecified atom stereocenters. The zero-order valence-electron chi connectivity index (χ0n) is 11.4. The predicted molar refractivity (Wildman–Crippen MR) is 78.3 cm³/mol. The average molecular weight is 279 g/mol. The Morgan fingerprint density at radius 3 is 2.65 bits per heavy atom. The monoisotopic (exact) mass is 279 g/mol. The van der Waals surface area contributed by atoms with Gasteiger partial charge in [-0.25, -0.2) is 4.98 Å². The van der Waals surface area contributed by atoms with Crippen LogP contribution < -0.4 is 16.8 Å². The fourth-order valence-corrected chi connectivity index (χ4v) is 2.80. The number of nitrogens with two attached hydrogens (primary N) is 2. The summed E-state index contributed by atoms with van der Waals surface area (Å²) in [5.74, 6) is 1.01. The Morgan fingerprint density at radius 2 is 2.10 bits per heavy atom. The largest absolute Gasteiger partial charge is 0.378 e. The van der Waals surface area contributed by atoms with Crippen LogP contribution >= 0.6 is 0 Å². The lowest BCUT2D eigenvalue weighted by molar-refractivity contribution is -0.384. The third kappa shape index (κ3) is 3.36. The highest BCUT2D eigenvalue weighted by atomic mass is 16.6. The molecular formula is C13H21N5O2. The van der Waals surface area contributed by atoms with Crippen molar-refractivity contribution in [3.05, 3.63) is 22.2 Å². The zero-order chi connectivity index (χ0) is 14.5. The molecule has 1 fully saturated rings. The minimum atomic E-state index is -0.534. The summed E-state index contributed by atoms with van der Waals surface area (Å²) in [5.41, 5.74) is 11.3. The maximum atomic E-state index is 10.7. The van der Waals surface area contributed by atoms with Gasteiger partial charge in [-0.2, -0.15) is 0 Å². The Kier molecular flexibility index (Phi) is 4.73. The number of anilines is 2. The van der Waals surface area contributed by atoms with Crippen LogP contribution in [0.4, 0.5) is 17.3 Å². The lowest BCUT2D eigenvalue weighted by atomic mass is 9.84. The summed E-state index contributed by atoms with van der Waals surface area (Å²) in [6, 6.07) is 3.10. The predicted octanol–water partition coefficient (Wildman–Crippen LogP) is 1.89. The lowest BCUT2D eigenvalue weighted by Crippen LogP contribution is -2.37. The maximum Gasteiger partial charge on any atom is 0.311 e. The number of nitrogens with one attached hydrogen (secondary N) is 1. The van der Waals surface area contributed by atoms with E-state index < -0.39 is 4.92 Å². The topological polar surface area (TPSA) is 120 Å². The molecule has 1 atom stereocenters. The van der Waals surface area contributed by atoms with Gasteiger partial charge >= 0.3 is 5.69 Å². The van der Waals surface area contributed by atoms with Crippen molar-refractivity contribution in [1.29, 1.82) is 0 Å². The van der Waals surface area contributed by atoms with Crippen molar-refractivity contribution in [1.82, 2.24) is 4.98 Å². The molecule has 0 spiro atoms. The molecule has 110 valence electrons. The summed E-state index contributed by atoms with van der Waals surface area (Å²) in [5, 5.41) is 14.0. The normalized spacial score (nSPS) is 17.6. The van der Waals surface area contributed by atoms with Crippen molar-refractivity contribution in [2.45, 2.75) is 38.1 Å². The van der Waals surface area contributed by atoms with E-state index in [1.54, 1.807) is 6.07 Å². The summed E-state index contributed by atoms with van der Waals surface area (Å²) >= 11 is 0. The Balaban J connectivity index is 2.07. The van der Waals surface area contributed by atoms with Crippen LogP contribution in [0.2, 0.25) is 0 Å². The Hall–Kier alpha value is -1.89. The van der Waals surface area contributed by atoms with Crippen LogP contribution in [0.25, 0.3) is 0 Å². The standard InChI is InChI=1S/C13H21N5O2/c14-8-10(9-4-2-1-3-5-9)16-12-7-6-11(18(19)20)13(15)17-12/h6-7,9-10H,1-5,8,14H2,(H3,15,16,17). The van der Waals surface area contributed by atoms with Crippen molar-refractivity contribution < 1.29 is 4.92 Å². The summed E-state index contributed by atoms with van der Waals surface area (Å²) in [7, 11) is 0. The number of nitro groups is 1. The minimum absolute atomic E-state index is 0.0700. The number of aromatic nitrogens is 1. The molecule has 0 bridgehead atoms. The lowest BCUT2D eigenvalue weighted by Gasteiger charge is -2.30. The number of hydrogen-bond donors (Lipinski definition) is 3. The van der Waals surface area contributed by atoms with Gasteiger partial charge in [-0.3, -0.25) is 10.1 Å². The molecule has 0 aliphatic heterocycles. The van der Waals surface area contributed by atoms with E-state index in [9.17, 15) is 10.1 Å². The number of nitrogen functional groups attached to an aromatic ring is 1. The van der Waals surface area contributed by atoms with Gasteiger partial charge in [-0.05, 0) is 24.8 Å². The molecule has 7 heteroatoms. The molecule has 0 amide bonds. The number of rotatable bonds is 5. The molecule has 5 N–H and O–H groups in total. The van der Waals surface area contributed by atoms with Crippen LogP contribution in [0, 0.1) is 16.0 Å². The molecule has 1 aromatic rings. The average Bonchev–Trinajstić information content (AvgIpc) is 2.45. The fourth-order valence-electron chi connectivity index (χ4n) is 2.80. The highest BCUT2D eigenvalue weighted by Crippen LogP contribution is 2.28. The first-order valence-corrected chi connectivity index (χ1v) is 6.99. The molecule has 1 heterocycles. The first kappa shape index (κ1) is 14.5. The first-order chi connectivity index (χ1) is 9.61. The van der Waals surface area contributed by atoms with Crippen molar-refractivity contribution in [2.24, 2.45) is 11.7 Å². The molecule has 1 aromatic heterocycles. The minimum Gasteiger partial charge on any atom is -0.378 e. The van der Waals surface area contributed by atoms with Crippen LogP contribution in [-0.4, -0.2) is 22.5 Å². The Labute approximate surface area is 117 Å².